The monoisotopic (exact) mass is 265 g/mol. The van der Waals surface area contributed by atoms with E-state index >= 15 is 0 Å². The molecule has 1 amide bonds. The number of amides is 1. The minimum absolute atomic E-state index is 0.246. The lowest BCUT2D eigenvalue weighted by Crippen LogP contribution is -2.28. The minimum Gasteiger partial charge on any atom is -0.349 e. The molecule has 1 N–H and O–H groups in total. The fourth-order valence-corrected chi connectivity index (χ4v) is 1.50. The summed E-state index contributed by atoms with van der Waals surface area (Å²) in [6, 6.07) is 3.06. The largest absolute Gasteiger partial charge is 0.349 e. The van der Waals surface area contributed by atoms with E-state index in [1.165, 1.54) is 12.1 Å². The van der Waals surface area contributed by atoms with Gasteiger partial charge in [-0.25, -0.2) is 0 Å². The van der Waals surface area contributed by atoms with Gasteiger partial charge in [0.1, 0.15) is 0 Å². The zero-order valence-corrected chi connectivity index (χ0v) is 10.6. The molecule has 0 spiro atoms. The molecule has 0 saturated carbocycles. The lowest BCUT2D eigenvalue weighted by Gasteiger charge is -2.04. The minimum atomic E-state index is -0.275. The van der Waals surface area contributed by atoms with Gasteiger partial charge in [-0.1, -0.05) is 11.6 Å². The molecule has 0 fully saturated rings. The lowest BCUT2D eigenvalue weighted by atomic mass is 10.3. The Morgan fingerprint density at radius 2 is 2.28 bits per heavy atom. The molecule has 2 rings (SSSR count). The summed E-state index contributed by atoms with van der Waals surface area (Å²) in [5.74, 6) is -0.275. The Bertz CT molecular complexity index is 537. The third kappa shape index (κ3) is 3.27. The molecule has 0 aliphatic heterocycles. The lowest BCUT2D eigenvalue weighted by molar-refractivity contribution is 0.0946. The second-order valence-corrected chi connectivity index (χ2v) is 4.17. The fraction of sp³-hybridized carbons (Fsp3) is 0.273. The summed E-state index contributed by atoms with van der Waals surface area (Å²) in [6.07, 6.45) is 3.68. The molecule has 0 unspecified atom stereocenters. The highest BCUT2D eigenvalue weighted by Gasteiger charge is 2.06. The van der Waals surface area contributed by atoms with Crippen molar-refractivity contribution in [2.24, 2.45) is 0 Å². The Balaban J connectivity index is 1.83. The van der Waals surface area contributed by atoms with Crippen molar-refractivity contribution in [1.29, 1.82) is 0 Å². The summed E-state index contributed by atoms with van der Waals surface area (Å²) < 4.78 is 1.77. The second kappa shape index (κ2) is 5.59. The maximum absolute atomic E-state index is 11.7. The molecule has 0 aliphatic rings. The molecular weight excluding hydrogens is 254 g/mol. The first-order chi connectivity index (χ1) is 8.65. The molecule has 0 saturated heterocycles. The van der Waals surface area contributed by atoms with Crippen LogP contribution in [0.2, 0.25) is 5.15 Å². The second-order valence-electron chi connectivity index (χ2n) is 3.78. The Kier molecular flexibility index (Phi) is 3.88. The zero-order chi connectivity index (χ0) is 13.0. The molecule has 0 bridgehead atoms. The Morgan fingerprint density at radius 1 is 1.44 bits per heavy atom. The van der Waals surface area contributed by atoms with Gasteiger partial charge >= 0.3 is 0 Å². The average molecular weight is 266 g/mol. The molecular formula is C11H12ClN5O. The standard InChI is InChI=1S/C11H12ClN5O/c1-8-6-14-17(7-8)5-4-13-11(18)9-2-3-10(12)16-15-9/h2-3,6-7H,4-5H2,1H3,(H,13,18). The van der Waals surface area contributed by atoms with E-state index in [4.69, 9.17) is 11.6 Å². The normalized spacial score (nSPS) is 10.3. The molecule has 0 atom stereocenters. The molecule has 94 valence electrons. The third-order valence-corrected chi connectivity index (χ3v) is 2.46. The first-order valence-electron chi connectivity index (χ1n) is 5.41. The number of rotatable bonds is 4. The van der Waals surface area contributed by atoms with Crippen molar-refractivity contribution in [2.75, 3.05) is 6.54 Å². The van der Waals surface area contributed by atoms with E-state index in [9.17, 15) is 4.79 Å². The number of nitrogens with one attached hydrogen (secondary N) is 1. The van der Waals surface area contributed by atoms with Crippen LogP contribution in [0.5, 0.6) is 0 Å². The van der Waals surface area contributed by atoms with Gasteiger partial charge in [0, 0.05) is 12.7 Å². The van der Waals surface area contributed by atoms with Crippen molar-refractivity contribution in [1.82, 2.24) is 25.3 Å². The van der Waals surface area contributed by atoms with E-state index in [0.717, 1.165) is 5.56 Å². The highest BCUT2D eigenvalue weighted by atomic mass is 35.5. The van der Waals surface area contributed by atoms with Crippen LogP contribution >= 0.6 is 11.6 Å². The summed E-state index contributed by atoms with van der Waals surface area (Å²) in [5.41, 5.74) is 1.33. The van der Waals surface area contributed by atoms with Gasteiger partial charge in [-0.05, 0) is 24.6 Å². The van der Waals surface area contributed by atoms with Gasteiger partial charge in [-0.15, -0.1) is 10.2 Å². The first-order valence-corrected chi connectivity index (χ1v) is 5.79. The Morgan fingerprint density at radius 3 is 2.89 bits per heavy atom. The smallest absolute Gasteiger partial charge is 0.271 e. The predicted molar refractivity (Wildman–Crippen MR) is 66.3 cm³/mol. The summed E-state index contributed by atoms with van der Waals surface area (Å²) in [4.78, 5) is 11.7. The third-order valence-electron chi connectivity index (χ3n) is 2.25. The van der Waals surface area contributed by atoms with Crippen molar-refractivity contribution < 1.29 is 4.79 Å². The topological polar surface area (TPSA) is 72.7 Å². The van der Waals surface area contributed by atoms with Crippen molar-refractivity contribution in [2.45, 2.75) is 13.5 Å². The molecule has 2 heterocycles. The van der Waals surface area contributed by atoms with Crippen LogP contribution in [0.25, 0.3) is 0 Å². The molecule has 2 aromatic rings. The molecule has 6 nitrogen and oxygen atoms in total. The van der Waals surface area contributed by atoms with E-state index in [2.05, 4.69) is 20.6 Å². The van der Waals surface area contributed by atoms with Crippen LogP contribution in [0.3, 0.4) is 0 Å². The van der Waals surface area contributed by atoms with Crippen LogP contribution in [-0.2, 0) is 6.54 Å². The van der Waals surface area contributed by atoms with Crippen molar-refractivity contribution in [3.05, 3.63) is 40.9 Å². The highest BCUT2D eigenvalue weighted by molar-refractivity contribution is 6.29. The van der Waals surface area contributed by atoms with Crippen molar-refractivity contribution in [3.8, 4) is 0 Å². The first kappa shape index (κ1) is 12.5. The number of hydrogen-bond acceptors (Lipinski definition) is 4. The van der Waals surface area contributed by atoms with Gasteiger partial charge in [0.05, 0.1) is 12.7 Å². The van der Waals surface area contributed by atoms with E-state index in [0.29, 0.717) is 13.1 Å². The van der Waals surface area contributed by atoms with Gasteiger partial charge in [0.2, 0.25) is 0 Å². The molecule has 0 aromatic carbocycles. The maximum Gasteiger partial charge on any atom is 0.271 e. The number of nitrogens with zero attached hydrogens (tertiary/aromatic N) is 4. The van der Waals surface area contributed by atoms with E-state index in [1.807, 2.05) is 13.1 Å². The van der Waals surface area contributed by atoms with Gasteiger partial charge in [0.25, 0.3) is 5.91 Å². The highest BCUT2D eigenvalue weighted by Crippen LogP contribution is 2.01. The molecule has 7 heteroatoms. The number of aromatic nitrogens is 4. The SMILES string of the molecule is Cc1cnn(CCNC(=O)c2ccc(Cl)nn2)c1. The number of aryl methyl sites for hydroxylation is 1. The maximum atomic E-state index is 11.7. The van der Waals surface area contributed by atoms with E-state index in [1.54, 1.807) is 10.9 Å². The summed E-state index contributed by atoms with van der Waals surface area (Å²) in [6.45, 7) is 3.05. The van der Waals surface area contributed by atoms with Gasteiger partial charge in [-0.2, -0.15) is 5.10 Å². The number of hydrogen-bond donors (Lipinski definition) is 1. The average Bonchev–Trinajstić information content (AvgIpc) is 2.76. The predicted octanol–water partition coefficient (Wildman–Crippen LogP) is 1.06. The van der Waals surface area contributed by atoms with Gasteiger partial charge in [0.15, 0.2) is 10.8 Å². The summed E-state index contributed by atoms with van der Waals surface area (Å²) in [7, 11) is 0. The van der Waals surface area contributed by atoms with Crippen LogP contribution in [0.15, 0.2) is 24.5 Å². The molecule has 18 heavy (non-hydrogen) atoms. The Labute approximate surface area is 109 Å². The van der Waals surface area contributed by atoms with Gasteiger partial charge in [-0.3, -0.25) is 9.48 Å². The van der Waals surface area contributed by atoms with Crippen LogP contribution < -0.4 is 5.32 Å². The van der Waals surface area contributed by atoms with Crippen LogP contribution in [-0.4, -0.2) is 32.4 Å². The van der Waals surface area contributed by atoms with E-state index < -0.39 is 0 Å². The Hall–Kier alpha value is -1.95. The van der Waals surface area contributed by atoms with Crippen LogP contribution in [0.1, 0.15) is 16.1 Å². The van der Waals surface area contributed by atoms with Crippen molar-refractivity contribution >= 4 is 17.5 Å². The number of halogens is 1. The molecule has 0 radical (unpaired) electrons. The van der Waals surface area contributed by atoms with Crippen molar-refractivity contribution in [3.63, 3.8) is 0 Å². The number of carbonyl (C=O) groups excluding carboxylic acids is 1. The summed E-state index contributed by atoms with van der Waals surface area (Å²) >= 11 is 5.59. The van der Waals surface area contributed by atoms with Crippen LogP contribution in [0.4, 0.5) is 0 Å². The zero-order valence-electron chi connectivity index (χ0n) is 9.80. The quantitative estimate of drug-likeness (QED) is 0.897. The summed E-state index contributed by atoms with van der Waals surface area (Å²) in [5, 5.41) is 14.4. The fourth-order valence-electron chi connectivity index (χ4n) is 1.40. The number of carbonyl (C=O) groups is 1. The van der Waals surface area contributed by atoms with Gasteiger partial charge < -0.3 is 5.32 Å². The molecule has 2 aromatic heterocycles. The van der Waals surface area contributed by atoms with Crippen LogP contribution in [0, 0.1) is 6.92 Å². The molecule has 0 aliphatic carbocycles. The van der Waals surface area contributed by atoms with E-state index in [-0.39, 0.29) is 16.8 Å².